The third-order valence-corrected chi connectivity index (χ3v) is 5.54. The molecule has 0 atom stereocenters. The van der Waals surface area contributed by atoms with Crippen LogP contribution in [0, 0.1) is 6.92 Å². The summed E-state index contributed by atoms with van der Waals surface area (Å²) in [5.74, 6) is 0.0525. The second kappa shape index (κ2) is 7.94. The number of sulfonamides is 1. The van der Waals surface area contributed by atoms with Gasteiger partial charge in [0.15, 0.2) is 0 Å². The molecule has 5 nitrogen and oxygen atoms in total. The van der Waals surface area contributed by atoms with Crippen LogP contribution >= 0.6 is 15.9 Å². The van der Waals surface area contributed by atoms with Crippen molar-refractivity contribution >= 4 is 31.9 Å². The van der Waals surface area contributed by atoms with Crippen LogP contribution in [-0.4, -0.2) is 14.3 Å². The second-order valence-corrected chi connectivity index (χ2v) is 8.40. The predicted octanol–water partition coefficient (Wildman–Crippen LogP) is 4.67. The highest BCUT2D eigenvalue weighted by molar-refractivity contribution is 9.10. The molecule has 138 valence electrons. The Morgan fingerprint density at radius 1 is 0.963 bits per heavy atom. The Hall–Kier alpha value is -2.64. The summed E-state index contributed by atoms with van der Waals surface area (Å²) in [4.78, 5) is 12.6. The third kappa shape index (κ3) is 4.75. The molecule has 0 unspecified atom stereocenters. The SMILES string of the molecule is Cc1ccc(Oc2ccccc2C(=O)NS(=O)(=O)c2cccc(Br)c2)cc1. The number of hydrogen-bond acceptors (Lipinski definition) is 4. The number of benzene rings is 3. The average Bonchev–Trinajstić information content (AvgIpc) is 2.64. The lowest BCUT2D eigenvalue weighted by Gasteiger charge is -2.12. The highest BCUT2D eigenvalue weighted by Crippen LogP contribution is 2.26. The van der Waals surface area contributed by atoms with Crippen LogP contribution in [0.1, 0.15) is 15.9 Å². The first-order valence-electron chi connectivity index (χ1n) is 8.01. The van der Waals surface area contributed by atoms with Gasteiger partial charge in [-0.1, -0.05) is 51.8 Å². The maximum Gasteiger partial charge on any atom is 0.268 e. The van der Waals surface area contributed by atoms with Gasteiger partial charge in [0.05, 0.1) is 10.5 Å². The molecule has 0 spiro atoms. The van der Waals surface area contributed by atoms with Crippen LogP contribution in [0.2, 0.25) is 0 Å². The van der Waals surface area contributed by atoms with Crippen LogP contribution in [0.15, 0.2) is 82.2 Å². The Morgan fingerprint density at radius 3 is 2.37 bits per heavy atom. The summed E-state index contributed by atoms with van der Waals surface area (Å²) in [6.45, 7) is 1.96. The van der Waals surface area contributed by atoms with E-state index in [1.807, 2.05) is 19.1 Å². The lowest BCUT2D eigenvalue weighted by Crippen LogP contribution is -2.30. The Kier molecular flexibility index (Phi) is 5.62. The topological polar surface area (TPSA) is 72.5 Å². The minimum absolute atomic E-state index is 0.0119. The fraction of sp³-hybridized carbons (Fsp3) is 0.0500. The fourth-order valence-electron chi connectivity index (χ4n) is 2.35. The number of hydrogen-bond donors (Lipinski definition) is 1. The highest BCUT2D eigenvalue weighted by Gasteiger charge is 2.21. The van der Waals surface area contributed by atoms with Crippen molar-refractivity contribution in [1.29, 1.82) is 0 Å². The maximum absolute atomic E-state index is 12.6. The van der Waals surface area contributed by atoms with Crippen molar-refractivity contribution < 1.29 is 17.9 Å². The normalized spacial score (nSPS) is 11.0. The quantitative estimate of drug-likeness (QED) is 0.619. The molecule has 1 amide bonds. The molecule has 3 rings (SSSR count). The van der Waals surface area contributed by atoms with Gasteiger partial charge in [0.2, 0.25) is 0 Å². The Bertz CT molecular complexity index is 1080. The zero-order valence-electron chi connectivity index (χ0n) is 14.3. The molecule has 27 heavy (non-hydrogen) atoms. The number of nitrogens with one attached hydrogen (secondary N) is 1. The van der Waals surface area contributed by atoms with Crippen LogP contribution in [-0.2, 0) is 10.0 Å². The van der Waals surface area contributed by atoms with Crippen molar-refractivity contribution in [3.05, 3.63) is 88.4 Å². The van der Waals surface area contributed by atoms with Crippen molar-refractivity contribution in [3.63, 3.8) is 0 Å². The largest absolute Gasteiger partial charge is 0.457 e. The summed E-state index contributed by atoms with van der Waals surface area (Å²) < 4.78 is 33.4. The van der Waals surface area contributed by atoms with Crippen LogP contribution in [0.4, 0.5) is 0 Å². The first-order chi connectivity index (χ1) is 12.8. The predicted molar refractivity (Wildman–Crippen MR) is 106 cm³/mol. The van der Waals surface area contributed by atoms with Gasteiger partial charge < -0.3 is 4.74 Å². The van der Waals surface area contributed by atoms with Crippen molar-refractivity contribution in [2.75, 3.05) is 0 Å². The zero-order chi connectivity index (χ0) is 19.4. The van der Waals surface area contributed by atoms with E-state index in [0.29, 0.717) is 10.2 Å². The van der Waals surface area contributed by atoms with E-state index in [4.69, 9.17) is 4.74 Å². The van der Waals surface area contributed by atoms with Gasteiger partial charge in [-0.25, -0.2) is 13.1 Å². The van der Waals surface area contributed by atoms with E-state index in [2.05, 4.69) is 20.7 Å². The number of rotatable bonds is 5. The van der Waals surface area contributed by atoms with Crippen molar-refractivity contribution in [3.8, 4) is 11.5 Å². The zero-order valence-corrected chi connectivity index (χ0v) is 16.7. The molecule has 3 aromatic carbocycles. The molecule has 0 radical (unpaired) electrons. The third-order valence-electron chi connectivity index (χ3n) is 3.71. The number of ether oxygens (including phenoxy) is 1. The summed E-state index contributed by atoms with van der Waals surface area (Å²) in [5, 5.41) is 0. The molecule has 0 aliphatic carbocycles. The first-order valence-corrected chi connectivity index (χ1v) is 10.3. The molecular formula is C20H16BrNO4S. The fourth-order valence-corrected chi connectivity index (χ4v) is 3.91. The molecule has 3 aromatic rings. The standard InChI is InChI=1S/C20H16BrNO4S/c1-14-9-11-16(12-10-14)26-19-8-3-2-7-18(19)20(23)22-27(24,25)17-6-4-5-15(21)13-17/h2-13H,1H3,(H,22,23). The Labute approximate surface area is 166 Å². The van der Waals surface area contributed by atoms with Gasteiger partial charge in [0, 0.05) is 4.47 Å². The molecule has 0 aromatic heterocycles. The number of carbonyl (C=O) groups excluding carboxylic acids is 1. The highest BCUT2D eigenvalue weighted by atomic mass is 79.9. The molecular weight excluding hydrogens is 430 g/mol. The second-order valence-electron chi connectivity index (χ2n) is 5.80. The average molecular weight is 446 g/mol. The molecule has 7 heteroatoms. The number of para-hydroxylation sites is 1. The summed E-state index contributed by atoms with van der Waals surface area (Å²) in [7, 11) is -4.01. The lowest BCUT2D eigenvalue weighted by atomic mass is 10.2. The molecule has 0 bridgehead atoms. The van der Waals surface area contributed by atoms with Gasteiger partial charge in [-0.15, -0.1) is 0 Å². The number of amides is 1. The van der Waals surface area contributed by atoms with E-state index < -0.39 is 15.9 Å². The minimum Gasteiger partial charge on any atom is -0.457 e. The summed E-state index contributed by atoms with van der Waals surface area (Å²) in [5.41, 5.74) is 1.20. The first kappa shape index (κ1) is 19.1. The van der Waals surface area contributed by atoms with E-state index in [-0.39, 0.29) is 16.2 Å². The molecule has 0 saturated carbocycles. The van der Waals surface area contributed by atoms with Gasteiger partial charge in [-0.3, -0.25) is 4.79 Å². The van der Waals surface area contributed by atoms with E-state index in [9.17, 15) is 13.2 Å². The van der Waals surface area contributed by atoms with Crippen molar-refractivity contribution in [2.24, 2.45) is 0 Å². The number of carbonyl (C=O) groups is 1. The molecule has 0 aliphatic heterocycles. The Morgan fingerprint density at radius 2 is 1.67 bits per heavy atom. The van der Waals surface area contributed by atoms with Gasteiger partial charge in [-0.05, 0) is 49.4 Å². The smallest absolute Gasteiger partial charge is 0.268 e. The minimum atomic E-state index is -4.01. The van der Waals surface area contributed by atoms with Crippen LogP contribution in [0.3, 0.4) is 0 Å². The monoisotopic (exact) mass is 445 g/mol. The van der Waals surface area contributed by atoms with Gasteiger partial charge >= 0.3 is 0 Å². The lowest BCUT2D eigenvalue weighted by molar-refractivity contribution is 0.0979. The molecule has 0 aliphatic rings. The van der Waals surface area contributed by atoms with Gasteiger partial charge in [-0.2, -0.15) is 0 Å². The Balaban J connectivity index is 1.86. The van der Waals surface area contributed by atoms with Crippen LogP contribution in [0.5, 0.6) is 11.5 Å². The maximum atomic E-state index is 12.6. The van der Waals surface area contributed by atoms with Crippen LogP contribution < -0.4 is 9.46 Å². The summed E-state index contributed by atoms with van der Waals surface area (Å²) in [6, 6.07) is 19.9. The van der Waals surface area contributed by atoms with Crippen molar-refractivity contribution in [2.45, 2.75) is 11.8 Å². The molecule has 0 saturated heterocycles. The van der Waals surface area contributed by atoms with E-state index in [1.54, 1.807) is 42.5 Å². The number of halogens is 1. The van der Waals surface area contributed by atoms with Crippen molar-refractivity contribution in [1.82, 2.24) is 4.72 Å². The molecule has 0 heterocycles. The van der Waals surface area contributed by atoms with E-state index >= 15 is 0 Å². The van der Waals surface area contributed by atoms with Gasteiger partial charge in [0.25, 0.3) is 15.9 Å². The van der Waals surface area contributed by atoms with Gasteiger partial charge in [0.1, 0.15) is 11.5 Å². The van der Waals surface area contributed by atoms with Crippen LogP contribution in [0.25, 0.3) is 0 Å². The van der Waals surface area contributed by atoms with E-state index in [0.717, 1.165) is 5.56 Å². The molecule has 0 fully saturated rings. The summed E-state index contributed by atoms with van der Waals surface area (Å²) >= 11 is 3.22. The summed E-state index contributed by atoms with van der Waals surface area (Å²) in [6.07, 6.45) is 0. The van der Waals surface area contributed by atoms with E-state index in [1.165, 1.54) is 18.2 Å². The molecule has 1 N–H and O–H groups in total. The number of aryl methyl sites for hydroxylation is 1.